The van der Waals surface area contributed by atoms with Crippen LogP contribution in [0, 0.1) is 12.8 Å². The van der Waals surface area contributed by atoms with Gasteiger partial charge >= 0.3 is 0 Å². The van der Waals surface area contributed by atoms with Crippen molar-refractivity contribution in [2.75, 3.05) is 0 Å². The average molecular weight is 277 g/mol. The van der Waals surface area contributed by atoms with Gasteiger partial charge in [0.2, 0.25) is 0 Å². The van der Waals surface area contributed by atoms with Crippen LogP contribution in [-0.4, -0.2) is 15.4 Å². The number of imidazole rings is 1. The molecule has 2 atom stereocenters. The second-order valence-corrected chi connectivity index (χ2v) is 6.68. The van der Waals surface area contributed by atoms with Crippen molar-refractivity contribution in [3.8, 4) is 0 Å². The van der Waals surface area contributed by atoms with E-state index in [0.717, 1.165) is 17.4 Å². The Labute approximate surface area is 119 Å². The van der Waals surface area contributed by atoms with E-state index in [4.69, 9.17) is 0 Å². The molecule has 0 amide bonds. The van der Waals surface area contributed by atoms with E-state index in [1.165, 1.54) is 43.5 Å². The summed E-state index contributed by atoms with van der Waals surface area (Å²) < 4.78 is 2.23. The predicted octanol–water partition coefficient (Wildman–Crippen LogP) is 3.76. The van der Waals surface area contributed by atoms with Gasteiger partial charge in [-0.15, -0.1) is 11.3 Å². The molecular formula is C15H23N3S. The monoisotopic (exact) mass is 277 g/mol. The number of rotatable bonds is 3. The van der Waals surface area contributed by atoms with Crippen molar-refractivity contribution in [1.29, 1.82) is 0 Å². The predicted molar refractivity (Wildman–Crippen MR) is 80.7 cm³/mol. The highest BCUT2D eigenvalue weighted by atomic mass is 32.1. The fourth-order valence-corrected chi connectivity index (χ4v) is 3.96. The lowest BCUT2D eigenvalue weighted by Gasteiger charge is -2.22. The van der Waals surface area contributed by atoms with Crippen LogP contribution in [0.3, 0.4) is 0 Å². The summed E-state index contributed by atoms with van der Waals surface area (Å²) in [5.74, 6) is 0.800. The molecule has 1 aliphatic carbocycles. The Bertz CT molecular complexity index is 543. The molecule has 1 saturated carbocycles. The standard InChI is InChI=1S/C15H23N3S/c1-11-6-4-3-5-7-13(11)16-10-14-12(2)17-15-18(14)8-9-19-15/h8-9,11,13,16H,3-7,10H2,1-2H3. The minimum atomic E-state index is 0.672. The second-order valence-electron chi connectivity index (χ2n) is 5.80. The van der Waals surface area contributed by atoms with Gasteiger partial charge in [0.05, 0.1) is 11.4 Å². The molecule has 1 fully saturated rings. The molecule has 19 heavy (non-hydrogen) atoms. The summed E-state index contributed by atoms with van der Waals surface area (Å²) >= 11 is 1.71. The highest BCUT2D eigenvalue weighted by Crippen LogP contribution is 2.24. The minimum absolute atomic E-state index is 0.672. The van der Waals surface area contributed by atoms with Gasteiger partial charge < -0.3 is 5.32 Å². The van der Waals surface area contributed by atoms with Gasteiger partial charge in [-0.3, -0.25) is 4.40 Å². The summed E-state index contributed by atoms with van der Waals surface area (Å²) in [4.78, 5) is 5.73. The van der Waals surface area contributed by atoms with Crippen LogP contribution in [0.5, 0.6) is 0 Å². The molecule has 0 bridgehead atoms. The SMILES string of the molecule is Cc1nc2sccn2c1CNC1CCCCCC1C. The highest BCUT2D eigenvalue weighted by molar-refractivity contribution is 7.15. The number of nitrogens with one attached hydrogen (secondary N) is 1. The van der Waals surface area contributed by atoms with Gasteiger partial charge in [0.25, 0.3) is 0 Å². The number of fused-ring (bicyclic) bond motifs is 1. The molecule has 3 rings (SSSR count). The Hall–Kier alpha value is -0.870. The number of nitrogens with zero attached hydrogens (tertiary/aromatic N) is 2. The molecule has 0 radical (unpaired) electrons. The van der Waals surface area contributed by atoms with Gasteiger partial charge in [0, 0.05) is 24.2 Å². The van der Waals surface area contributed by atoms with Crippen molar-refractivity contribution in [2.45, 2.75) is 58.5 Å². The minimum Gasteiger partial charge on any atom is -0.308 e. The fourth-order valence-electron chi connectivity index (χ4n) is 3.18. The van der Waals surface area contributed by atoms with Gasteiger partial charge in [0.15, 0.2) is 4.96 Å². The molecule has 2 aromatic heterocycles. The highest BCUT2D eigenvalue weighted by Gasteiger charge is 2.20. The molecule has 0 spiro atoms. The van der Waals surface area contributed by atoms with Crippen molar-refractivity contribution < 1.29 is 0 Å². The zero-order valence-electron chi connectivity index (χ0n) is 11.9. The maximum Gasteiger partial charge on any atom is 0.194 e. The largest absolute Gasteiger partial charge is 0.308 e. The normalized spacial score (nSPS) is 24.7. The van der Waals surface area contributed by atoms with E-state index in [9.17, 15) is 0 Å². The van der Waals surface area contributed by atoms with E-state index in [1.807, 2.05) is 0 Å². The number of thiazole rings is 1. The van der Waals surface area contributed by atoms with Gasteiger partial charge in [-0.1, -0.05) is 26.2 Å². The summed E-state index contributed by atoms with van der Waals surface area (Å²) in [6, 6.07) is 0.672. The molecular weight excluding hydrogens is 254 g/mol. The van der Waals surface area contributed by atoms with Crippen LogP contribution in [0.4, 0.5) is 0 Å². The smallest absolute Gasteiger partial charge is 0.194 e. The Balaban J connectivity index is 1.71. The third-order valence-electron chi connectivity index (χ3n) is 4.45. The topological polar surface area (TPSA) is 29.3 Å². The summed E-state index contributed by atoms with van der Waals surface area (Å²) in [6.07, 6.45) is 9.01. The first kappa shape index (κ1) is 13.1. The summed E-state index contributed by atoms with van der Waals surface area (Å²) in [7, 11) is 0. The van der Waals surface area contributed by atoms with Crippen LogP contribution in [0.1, 0.15) is 50.4 Å². The van der Waals surface area contributed by atoms with E-state index < -0.39 is 0 Å². The summed E-state index contributed by atoms with van der Waals surface area (Å²) in [6.45, 7) is 5.46. The third kappa shape index (κ3) is 2.70. The molecule has 0 aliphatic heterocycles. The van der Waals surface area contributed by atoms with Crippen LogP contribution in [0.2, 0.25) is 0 Å². The van der Waals surface area contributed by atoms with Gasteiger partial charge in [-0.05, 0) is 25.7 Å². The van der Waals surface area contributed by atoms with Gasteiger partial charge in [-0.2, -0.15) is 0 Å². The van der Waals surface area contributed by atoms with E-state index in [2.05, 4.69) is 40.1 Å². The van der Waals surface area contributed by atoms with Crippen LogP contribution < -0.4 is 5.32 Å². The number of hydrogen-bond acceptors (Lipinski definition) is 3. The van der Waals surface area contributed by atoms with Crippen LogP contribution in [-0.2, 0) is 6.54 Å². The first-order valence-corrected chi connectivity index (χ1v) is 8.28. The summed E-state index contributed by atoms with van der Waals surface area (Å²) in [5.41, 5.74) is 2.49. The number of hydrogen-bond donors (Lipinski definition) is 1. The van der Waals surface area contributed by atoms with Crippen molar-refractivity contribution in [2.24, 2.45) is 5.92 Å². The van der Waals surface area contributed by atoms with Crippen molar-refractivity contribution >= 4 is 16.3 Å². The zero-order chi connectivity index (χ0) is 13.2. The quantitative estimate of drug-likeness (QED) is 0.866. The molecule has 0 aromatic carbocycles. The molecule has 3 nitrogen and oxygen atoms in total. The van der Waals surface area contributed by atoms with Gasteiger partial charge in [0.1, 0.15) is 0 Å². The second kappa shape index (κ2) is 5.63. The molecule has 104 valence electrons. The van der Waals surface area contributed by atoms with E-state index in [-0.39, 0.29) is 0 Å². The lowest BCUT2D eigenvalue weighted by atomic mass is 9.97. The summed E-state index contributed by atoms with van der Waals surface area (Å²) in [5, 5.41) is 5.89. The Kier molecular flexibility index (Phi) is 3.89. The molecule has 2 unspecified atom stereocenters. The number of aryl methyl sites for hydroxylation is 1. The third-order valence-corrected chi connectivity index (χ3v) is 5.21. The van der Waals surface area contributed by atoms with Crippen LogP contribution in [0.15, 0.2) is 11.6 Å². The first-order chi connectivity index (χ1) is 9.25. The molecule has 4 heteroatoms. The Morgan fingerprint density at radius 2 is 2.21 bits per heavy atom. The van der Waals surface area contributed by atoms with E-state index >= 15 is 0 Å². The fraction of sp³-hybridized carbons (Fsp3) is 0.667. The maximum absolute atomic E-state index is 4.62. The molecule has 1 N–H and O–H groups in total. The number of aromatic nitrogens is 2. The molecule has 1 aliphatic rings. The first-order valence-electron chi connectivity index (χ1n) is 7.40. The molecule has 2 aromatic rings. The van der Waals surface area contributed by atoms with E-state index in [1.54, 1.807) is 11.3 Å². The van der Waals surface area contributed by atoms with Crippen LogP contribution >= 0.6 is 11.3 Å². The molecule has 0 saturated heterocycles. The average Bonchev–Trinajstić information content (AvgIpc) is 2.86. The van der Waals surface area contributed by atoms with Crippen molar-refractivity contribution in [1.82, 2.24) is 14.7 Å². The van der Waals surface area contributed by atoms with Crippen molar-refractivity contribution in [3.63, 3.8) is 0 Å². The Morgan fingerprint density at radius 1 is 1.37 bits per heavy atom. The van der Waals surface area contributed by atoms with Crippen molar-refractivity contribution in [3.05, 3.63) is 23.0 Å². The van der Waals surface area contributed by atoms with Gasteiger partial charge in [-0.25, -0.2) is 4.98 Å². The van der Waals surface area contributed by atoms with Crippen LogP contribution in [0.25, 0.3) is 4.96 Å². The maximum atomic E-state index is 4.62. The zero-order valence-corrected chi connectivity index (χ0v) is 12.7. The lowest BCUT2D eigenvalue weighted by molar-refractivity contribution is 0.354. The van der Waals surface area contributed by atoms with E-state index in [0.29, 0.717) is 6.04 Å². The Morgan fingerprint density at radius 3 is 3.11 bits per heavy atom. The molecule has 2 heterocycles. The lowest BCUT2D eigenvalue weighted by Crippen LogP contribution is -2.34.